The van der Waals surface area contributed by atoms with Crippen LogP contribution in [0.15, 0.2) is 53.7 Å². The molecular formula is C21H21F2N3O3. The summed E-state index contributed by atoms with van der Waals surface area (Å²) >= 11 is 0. The van der Waals surface area contributed by atoms with Gasteiger partial charge in [0.1, 0.15) is 17.4 Å². The zero-order valence-electron chi connectivity index (χ0n) is 16.3. The van der Waals surface area contributed by atoms with Gasteiger partial charge in [0.2, 0.25) is 0 Å². The number of benzene rings is 2. The fourth-order valence-corrected chi connectivity index (χ4v) is 3.36. The van der Waals surface area contributed by atoms with Crippen molar-refractivity contribution in [1.29, 1.82) is 0 Å². The van der Waals surface area contributed by atoms with Gasteiger partial charge in [-0.1, -0.05) is 18.2 Å². The lowest BCUT2D eigenvalue weighted by Crippen LogP contribution is -2.48. The lowest BCUT2D eigenvalue weighted by molar-refractivity contribution is -0.113. The van der Waals surface area contributed by atoms with Crippen molar-refractivity contribution in [3.63, 3.8) is 0 Å². The van der Waals surface area contributed by atoms with E-state index in [1.54, 1.807) is 38.1 Å². The number of para-hydroxylation sites is 2. The SMILES string of the molecule is CCN1C(=O)N[C@@H](c2ccc(F)cc2F)C(C(=O)Nc2ccccc2OC)=C1C. The van der Waals surface area contributed by atoms with E-state index in [1.165, 1.54) is 18.1 Å². The average molecular weight is 401 g/mol. The minimum Gasteiger partial charge on any atom is -0.495 e. The van der Waals surface area contributed by atoms with Crippen molar-refractivity contribution in [1.82, 2.24) is 10.2 Å². The molecule has 2 aromatic carbocycles. The smallest absolute Gasteiger partial charge is 0.322 e. The average Bonchev–Trinajstić information content (AvgIpc) is 2.68. The molecule has 152 valence electrons. The molecule has 29 heavy (non-hydrogen) atoms. The largest absolute Gasteiger partial charge is 0.495 e. The van der Waals surface area contributed by atoms with Gasteiger partial charge in [-0.05, 0) is 32.0 Å². The Morgan fingerprint density at radius 3 is 2.62 bits per heavy atom. The van der Waals surface area contributed by atoms with Gasteiger partial charge in [-0.2, -0.15) is 0 Å². The fraction of sp³-hybridized carbons (Fsp3) is 0.238. The molecule has 8 heteroatoms. The Labute approximate surface area is 167 Å². The lowest BCUT2D eigenvalue weighted by Gasteiger charge is -2.35. The Kier molecular flexibility index (Phi) is 5.81. The molecule has 0 saturated carbocycles. The number of nitrogens with zero attached hydrogens (tertiary/aromatic N) is 1. The van der Waals surface area contributed by atoms with Crippen molar-refractivity contribution in [2.75, 3.05) is 19.0 Å². The topological polar surface area (TPSA) is 70.7 Å². The number of hydrogen-bond acceptors (Lipinski definition) is 3. The van der Waals surface area contributed by atoms with E-state index in [2.05, 4.69) is 10.6 Å². The van der Waals surface area contributed by atoms with E-state index >= 15 is 0 Å². The predicted molar refractivity (Wildman–Crippen MR) is 104 cm³/mol. The number of methoxy groups -OCH3 is 1. The van der Waals surface area contributed by atoms with Gasteiger partial charge in [0.15, 0.2) is 0 Å². The number of amides is 3. The van der Waals surface area contributed by atoms with E-state index in [1.807, 2.05) is 0 Å². The summed E-state index contributed by atoms with van der Waals surface area (Å²) < 4.78 is 33.1. The minimum atomic E-state index is -1.07. The van der Waals surface area contributed by atoms with Gasteiger partial charge >= 0.3 is 6.03 Å². The zero-order valence-corrected chi connectivity index (χ0v) is 16.3. The number of allylic oxidation sites excluding steroid dienone is 1. The van der Waals surface area contributed by atoms with E-state index in [-0.39, 0.29) is 11.1 Å². The molecular weight excluding hydrogens is 380 g/mol. The maximum absolute atomic E-state index is 14.5. The number of anilines is 1. The van der Waals surface area contributed by atoms with Crippen LogP contribution in [0.5, 0.6) is 5.75 Å². The summed E-state index contributed by atoms with van der Waals surface area (Å²) in [4.78, 5) is 27.0. The third-order valence-corrected chi connectivity index (χ3v) is 4.79. The Morgan fingerprint density at radius 2 is 1.97 bits per heavy atom. The Balaban J connectivity index is 2.07. The van der Waals surface area contributed by atoms with Crippen LogP contribution in [0.4, 0.5) is 19.3 Å². The summed E-state index contributed by atoms with van der Waals surface area (Å²) in [6.07, 6.45) is 0. The highest BCUT2D eigenvalue weighted by molar-refractivity contribution is 6.07. The molecule has 1 atom stereocenters. The normalized spacial score (nSPS) is 16.5. The van der Waals surface area contributed by atoms with Crippen LogP contribution in [0.3, 0.4) is 0 Å². The molecule has 0 saturated heterocycles. The Bertz CT molecular complexity index is 991. The molecule has 2 N–H and O–H groups in total. The van der Waals surface area contributed by atoms with Gasteiger partial charge in [0.25, 0.3) is 5.91 Å². The summed E-state index contributed by atoms with van der Waals surface area (Å²) in [6.45, 7) is 3.70. The molecule has 0 bridgehead atoms. The summed E-state index contributed by atoms with van der Waals surface area (Å²) in [5.41, 5.74) is 0.971. The highest BCUT2D eigenvalue weighted by atomic mass is 19.1. The molecule has 2 aromatic rings. The first-order valence-corrected chi connectivity index (χ1v) is 9.05. The van der Waals surface area contributed by atoms with E-state index in [4.69, 9.17) is 4.74 Å². The maximum atomic E-state index is 14.5. The van der Waals surface area contributed by atoms with Gasteiger partial charge in [-0.25, -0.2) is 13.6 Å². The fourth-order valence-electron chi connectivity index (χ4n) is 3.36. The van der Waals surface area contributed by atoms with Gasteiger partial charge in [-0.15, -0.1) is 0 Å². The van der Waals surface area contributed by atoms with Crippen molar-refractivity contribution in [2.45, 2.75) is 19.9 Å². The second-order valence-corrected chi connectivity index (χ2v) is 6.45. The van der Waals surface area contributed by atoms with Crippen LogP contribution >= 0.6 is 0 Å². The first-order valence-electron chi connectivity index (χ1n) is 9.05. The zero-order chi connectivity index (χ0) is 21.1. The van der Waals surface area contributed by atoms with Crippen LogP contribution in [-0.2, 0) is 4.79 Å². The van der Waals surface area contributed by atoms with Crippen molar-refractivity contribution in [2.24, 2.45) is 0 Å². The molecule has 0 unspecified atom stereocenters. The van der Waals surface area contributed by atoms with Crippen molar-refractivity contribution < 1.29 is 23.1 Å². The van der Waals surface area contributed by atoms with Crippen molar-refractivity contribution >= 4 is 17.6 Å². The van der Waals surface area contributed by atoms with E-state index in [0.717, 1.165) is 12.1 Å². The highest BCUT2D eigenvalue weighted by Crippen LogP contribution is 2.33. The Morgan fingerprint density at radius 1 is 1.24 bits per heavy atom. The number of halogens is 2. The lowest BCUT2D eigenvalue weighted by atomic mass is 9.93. The van der Waals surface area contributed by atoms with Crippen LogP contribution < -0.4 is 15.4 Å². The van der Waals surface area contributed by atoms with Crippen LogP contribution in [-0.4, -0.2) is 30.5 Å². The molecule has 0 fully saturated rings. The molecule has 3 amide bonds. The maximum Gasteiger partial charge on any atom is 0.322 e. The standard InChI is InChI=1S/C21H21F2N3O3/c1-4-26-12(2)18(20(27)24-16-7-5-6-8-17(16)29-3)19(25-21(26)28)14-10-9-13(22)11-15(14)23/h5-11,19H,4H2,1-3H3,(H,24,27)(H,25,28)/t19-/m0/s1. The summed E-state index contributed by atoms with van der Waals surface area (Å²) in [7, 11) is 1.48. The van der Waals surface area contributed by atoms with Crippen LogP contribution in [0.25, 0.3) is 0 Å². The number of rotatable bonds is 5. The van der Waals surface area contributed by atoms with Gasteiger partial charge in [0.05, 0.1) is 24.4 Å². The third-order valence-electron chi connectivity index (χ3n) is 4.79. The molecule has 1 aliphatic heterocycles. The molecule has 0 aliphatic carbocycles. The van der Waals surface area contributed by atoms with E-state index < -0.39 is 29.6 Å². The Hall–Kier alpha value is -3.42. The molecule has 1 heterocycles. The molecule has 1 aliphatic rings. The first-order chi connectivity index (χ1) is 13.9. The molecule has 0 radical (unpaired) electrons. The monoisotopic (exact) mass is 401 g/mol. The number of carbonyl (C=O) groups excluding carboxylic acids is 2. The molecule has 6 nitrogen and oxygen atoms in total. The van der Waals surface area contributed by atoms with E-state index in [9.17, 15) is 18.4 Å². The quantitative estimate of drug-likeness (QED) is 0.796. The third kappa shape index (κ3) is 3.91. The summed E-state index contributed by atoms with van der Waals surface area (Å²) in [5.74, 6) is -1.67. The number of carbonyl (C=O) groups is 2. The summed E-state index contributed by atoms with van der Waals surface area (Å²) in [5, 5.41) is 5.40. The van der Waals surface area contributed by atoms with Gasteiger partial charge in [0, 0.05) is 23.9 Å². The molecule has 3 rings (SSSR count). The number of urea groups is 1. The summed E-state index contributed by atoms with van der Waals surface area (Å²) in [6, 6.07) is 8.34. The van der Waals surface area contributed by atoms with Crippen molar-refractivity contribution in [3.8, 4) is 5.75 Å². The number of nitrogens with one attached hydrogen (secondary N) is 2. The number of ether oxygens (including phenoxy) is 1. The predicted octanol–water partition coefficient (Wildman–Crippen LogP) is 3.97. The number of hydrogen-bond donors (Lipinski definition) is 2. The first kappa shape index (κ1) is 20.3. The van der Waals surface area contributed by atoms with Crippen molar-refractivity contribution in [3.05, 3.63) is 70.9 Å². The minimum absolute atomic E-state index is 0.0000275. The molecule has 0 spiro atoms. The van der Waals surface area contributed by atoms with Crippen LogP contribution in [0.1, 0.15) is 25.5 Å². The second-order valence-electron chi connectivity index (χ2n) is 6.45. The van der Waals surface area contributed by atoms with E-state index in [0.29, 0.717) is 23.7 Å². The van der Waals surface area contributed by atoms with Crippen LogP contribution in [0, 0.1) is 11.6 Å². The van der Waals surface area contributed by atoms with Gasteiger partial charge < -0.3 is 15.4 Å². The van der Waals surface area contributed by atoms with Crippen LogP contribution in [0.2, 0.25) is 0 Å². The van der Waals surface area contributed by atoms with Gasteiger partial charge in [-0.3, -0.25) is 9.69 Å². The highest BCUT2D eigenvalue weighted by Gasteiger charge is 2.36. The second kappa shape index (κ2) is 8.30. The molecule has 0 aromatic heterocycles.